The molecule has 0 spiro atoms. The number of methoxy groups -OCH3 is 3. The molecule has 0 fully saturated rings. The van der Waals surface area contributed by atoms with Gasteiger partial charge in [-0.15, -0.1) is 0 Å². The summed E-state index contributed by atoms with van der Waals surface area (Å²) in [5, 5.41) is 0.373. The van der Waals surface area contributed by atoms with E-state index < -0.39 is 11.5 Å². The molecule has 1 amide bonds. The van der Waals surface area contributed by atoms with E-state index in [0.29, 0.717) is 39.3 Å². The van der Waals surface area contributed by atoms with Gasteiger partial charge in [-0.2, -0.15) is 4.68 Å². The predicted molar refractivity (Wildman–Crippen MR) is 126 cm³/mol. The number of aryl methyl sites for hydroxylation is 1. The number of amides is 1. The van der Waals surface area contributed by atoms with Gasteiger partial charge in [0.05, 0.1) is 32.2 Å². The molecule has 8 heteroatoms. The molecule has 0 atom stereocenters. The Kier molecular flexibility index (Phi) is 5.99. The topological polar surface area (TPSA) is 91.7 Å². The highest BCUT2D eigenvalue weighted by atomic mass is 16.5. The van der Waals surface area contributed by atoms with Gasteiger partial charge in [0.2, 0.25) is 5.75 Å². The van der Waals surface area contributed by atoms with Crippen LogP contribution in [0.1, 0.15) is 15.9 Å². The summed E-state index contributed by atoms with van der Waals surface area (Å²) >= 11 is 0. The molecule has 33 heavy (non-hydrogen) atoms. The number of nitrogens with zero attached hydrogens (tertiary/aromatic N) is 2. The Bertz CT molecular complexity index is 1370. The number of carbonyl (C=O) groups is 1. The van der Waals surface area contributed by atoms with Crippen molar-refractivity contribution in [2.45, 2.75) is 6.92 Å². The van der Waals surface area contributed by atoms with Gasteiger partial charge < -0.3 is 14.2 Å². The van der Waals surface area contributed by atoms with E-state index >= 15 is 0 Å². The highest BCUT2D eigenvalue weighted by Crippen LogP contribution is 2.40. The van der Waals surface area contributed by atoms with Crippen LogP contribution < -0.4 is 25.2 Å². The SMILES string of the molecule is COc1cc(-c2nc3ccccc3c(=O)n2NC(=O)c2ccc(C)cc2)cc(OC)c1OC. The molecule has 0 aliphatic heterocycles. The maximum Gasteiger partial charge on any atom is 0.280 e. The van der Waals surface area contributed by atoms with Crippen LogP contribution in [0, 0.1) is 6.92 Å². The van der Waals surface area contributed by atoms with Gasteiger partial charge in [0, 0.05) is 11.1 Å². The van der Waals surface area contributed by atoms with Crippen LogP contribution in [0.15, 0.2) is 65.5 Å². The zero-order valence-corrected chi connectivity index (χ0v) is 18.7. The second-order valence-corrected chi connectivity index (χ2v) is 7.31. The van der Waals surface area contributed by atoms with Crippen molar-refractivity contribution in [3.8, 4) is 28.6 Å². The van der Waals surface area contributed by atoms with Gasteiger partial charge in [0.15, 0.2) is 17.3 Å². The van der Waals surface area contributed by atoms with Crippen molar-refractivity contribution in [3.05, 3.63) is 82.1 Å². The lowest BCUT2D eigenvalue weighted by Gasteiger charge is -2.17. The second kappa shape index (κ2) is 9.04. The summed E-state index contributed by atoms with van der Waals surface area (Å²) in [5.74, 6) is 0.972. The number of benzene rings is 3. The Morgan fingerprint density at radius 1 is 0.909 bits per heavy atom. The minimum Gasteiger partial charge on any atom is -0.493 e. The Morgan fingerprint density at radius 2 is 1.55 bits per heavy atom. The van der Waals surface area contributed by atoms with Crippen LogP contribution in [0.5, 0.6) is 17.2 Å². The van der Waals surface area contributed by atoms with E-state index in [9.17, 15) is 9.59 Å². The molecule has 1 heterocycles. The van der Waals surface area contributed by atoms with E-state index in [1.54, 1.807) is 48.5 Å². The first kappa shape index (κ1) is 21.9. The summed E-state index contributed by atoms with van der Waals surface area (Å²) in [6.07, 6.45) is 0. The van der Waals surface area contributed by atoms with Crippen LogP contribution in [0.2, 0.25) is 0 Å². The average molecular weight is 445 g/mol. The number of aromatic nitrogens is 2. The molecular weight excluding hydrogens is 422 g/mol. The van der Waals surface area contributed by atoms with Crippen molar-refractivity contribution >= 4 is 16.8 Å². The second-order valence-electron chi connectivity index (χ2n) is 7.31. The summed E-state index contributed by atoms with van der Waals surface area (Å²) in [6.45, 7) is 1.93. The Labute approximate surface area is 190 Å². The van der Waals surface area contributed by atoms with Crippen molar-refractivity contribution < 1.29 is 19.0 Å². The first-order valence-corrected chi connectivity index (χ1v) is 10.2. The van der Waals surface area contributed by atoms with Crippen molar-refractivity contribution in [3.63, 3.8) is 0 Å². The Hall–Kier alpha value is -4.33. The molecule has 1 aromatic heterocycles. The van der Waals surface area contributed by atoms with Gasteiger partial charge in [0.25, 0.3) is 11.5 Å². The zero-order valence-electron chi connectivity index (χ0n) is 18.7. The first-order chi connectivity index (χ1) is 16.0. The highest BCUT2D eigenvalue weighted by Gasteiger charge is 2.20. The summed E-state index contributed by atoms with van der Waals surface area (Å²) in [4.78, 5) is 31.0. The normalized spacial score (nSPS) is 10.7. The highest BCUT2D eigenvalue weighted by molar-refractivity contribution is 6.00. The van der Waals surface area contributed by atoms with E-state index in [1.807, 2.05) is 19.1 Å². The Morgan fingerprint density at radius 3 is 2.15 bits per heavy atom. The van der Waals surface area contributed by atoms with E-state index in [0.717, 1.165) is 10.2 Å². The molecule has 0 saturated heterocycles. The fourth-order valence-corrected chi connectivity index (χ4v) is 3.51. The van der Waals surface area contributed by atoms with Crippen LogP contribution in [0.3, 0.4) is 0 Å². The summed E-state index contributed by atoms with van der Waals surface area (Å²) in [6, 6.07) is 17.3. The molecule has 0 unspecified atom stereocenters. The number of hydrogen-bond acceptors (Lipinski definition) is 6. The Balaban J connectivity index is 1.93. The summed E-state index contributed by atoms with van der Waals surface area (Å²) in [5.41, 5.74) is 4.71. The van der Waals surface area contributed by atoms with Gasteiger partial charge in [-0.25, -0.2) is 4.98 Å². The van der Waals surface area contributed by atoms with Gasteiger partial charge in [-0.1, -0.05) is 29.8 Å². The minimum absolute atomic E-state index is 0.221. The number of para-hydroxylation sites is 1. The van der Waals surface area contributed by atoms with Gasteiger partial charge in [-0.3, -0.25) is 15.0 Å². The molecule has 0 aliphatic carbocycles. The number of nitrogens with one attached hydrogen (secondary N) is 1. The molecule has 8 nitrogen and oxygen atoms in total. The van der Waals surface area contributed by atoms with E-state index in [-0.39, 0.29) is 5.82 Å². The molecule has 0 bridgehead atoms. The molecule has 0 aliphatic rings. The molecule has 4 aromatic rings. The number of hydrogen-bond donors (Lipinski definition) is 1. The van der Waals surface area contributed by atoms with Crippen molar-refractivity contribution in [2.24, 2.45) is 0 Å². The molecule has 3 aromatic carbocycles. The summed E-state index contributed by atoms with van der Waals surface area (Å²) in [7, 11) is 4.51. The first-order valence-electron chi connectivity index (χ1n) is 10.2. The van der Waals surface area contributed by atoms with Gasteiger partial charge >= 0.3 is 0 Å². The maximum atomic E-state index is 13.4. The third-order valence-corrected chi connectivity index (χ3v) is 5.23. The lowest BCUT2D eigenvalue weighted by atomic mass is 10.1. The largest absolute Gasteiger partial charge is 0.493 e. The molecule has 4 rings (SSSR count). The maximum absolute atomic E-state index is 13.4. The van der Waals surface area contributed by atoms with Crippen molar-refractivity contribution in [2.75, 3.05) is 26.8 Å². The third-order valence-electron chi connectivity index (χ3n) is 5.23. The predicted octanol–water partition coefficient (Wildman–Crippen LogP) is 3.78. The molecule has 168 valence electrons. The number of ether oxygens (including phenoxy) is 3. The fraction of sp³-hybridized carbons (Fsp3) is 0.160. The number of rotatable bonds is 6. The standard InChI is InChI=1S/C25H23N3O5/c1-15-9-11-16(12-10-15)24(29)27-28-23(26-19-8-6-5-7-18(19)25(28)30)17-13-20(31-2)22(33-4)21(14-17)32-3/h5-14H,1-4H3,(H,27,29). The van der Waals surface area contributed by atoms with E-state index in [4.69, 9.17) is 14.2 Å². The van der Waals surface area contributed by atoms with Crippen molar-refractivity contribution in [1.82, 2.24) is 9.66 Å². The lowest BCUT2D eigenvalue weighted by molar-refractivity contribution is 0.101. The smallest absolute Gasteiger partial charge is 0.280 e. The quantitative estimate of drug-likeness (QED) is 0.486. The van der Waals surface area contributed by atoms with Gasteiger partial charge in [0.1, 0.15) is 0 Å². The number of carbonyl (C=O) groups excluding carboxylic acids is 1. The van der Waals surface area contributed by atoms with Crippen LogP contribution in [-0.4, -0.2) is 36.9 Å². The van der Waals surface area contributed by atoms with E-state index in [1.165, 1.54) is 21.3 Å². The lowest BCUT2D eigenvalue weighted by Crippen LogP contribution is -2.35. The van der Waals surface area contributed by atoms with Crippen LogP contribution in [-0.2, 0) is 0 Å². The molecule has 0 radical (unpaired) electrons. The molecule has 0 saturated carbocycles. The molecule has 1 N–H and O–H groups in total. The molecular formula is C25H23N3O5. The minimum atomic E-state index is -0.442. The number of fused-ring (bicyclic) bond motifs is 1. The van der Waals surface area contributed by atoms with Crippen molar-refractivity contribution in [1.29, 1.82) is 0 Å². The average Bonchev–Trinajstić information content (AvgIpc) is 2.84. The van der Waals surface area contributed by atoms with Gasteiger partial charge in [-0.05, 0) is 43.3 Å². The fourth-order valence-electron chi connectivity index (χ4n) is 3.51. The van der Waals surface area contributed by atoms with E-state index in [2.05, 4.69) is 10.4 Å². The zero-order chi connectivity index (χ0) is 23.5. The monoisotopic (exact) mass is 445 g/mol. The van der Waals surface area contributed by atoms with Crippen LogP contribution >= 0.6 is 0 Å². The summed E-state index contributed by atoms with van der Waals surface area (Å²) < 4.78 is 17.4. The van der Waals surface area contributed by atoms with Crippen LogP contribution in [0.4, 0.5) is 0 Å². The third kappa shape index (κ3) is 4.10. The van der Waals surface area contributed by atoms with Crippen LogP contribution in [0.25, 0.3) is 22.3 Å².